The molecule has 3 heterocycles. The molecule has 7 nitrogen and oxygen atoms in total. The number of rotatable bonds is 3. The number of thiazole rings is 1. The second kappa shape index (κ2) is 7.88. The summed E-state index contributed by atoms with van der Waals surface area (Å²) in [6, 6.07) is 9.37. The van der Waals surface area contributed by atoms with E-state index in [1.165, 1.54) is 11.3 Å². The van der Waals surface area contributed by atoms with Crippen LogP contribution in [0, 0.1) is 6.92 Å². The number of para-hydroxylation sites is 1. The molecule has 1 aliphatic heterocycles. The minimum atomic E-state index is -0.390. The molecule has 0 N–H and O–H groups in total. The summed E-state index contributed by atoms with van der Waals surface area (Å²) in [5, 5.41) is 0.805. The van der Waals surface area contributed by atoms with E-state index in [0.29, 0.717) is 35.8 Å². The van der Waals surface area contributed by atoms with Crippen LogP contribution in [0.25, 0.3) is 10.9 Å². The third kappa shape index (κ3) is 3.73. The summed E-state index contributed by atoms with van der Waals surface area (Å²) in [4.78, 5) is 38.5. The number of aryl methyl sites for hydroxylation is 1. The number of ether oxygens (including phenoxy) is 1. The van der Waals surface area contributed by atoms with Crippen molar-refractivity contribution in [3.8, 4) is 0 Å². The van der Waals surface area contributed by atoms with Crippen molar-refractivity contribution >= 4 is 34.1 Å². The van der Waals surface area contributed by atoms with Crippen LogP contribution in [-0.4, -0.2) is 65.4 Å². The number of benzene rings is 1. The molecule has 4 rings (SSSR count). The Morgan fingerprint density at radius 2 is 2.07 bits per heavy atom. The van der Waals surface area contributed by atoms with E-state index in [1.54, 1.807) is 35.5 Å². The van der Waals surface area contributed by atoms with Gasteiger partial charge < -0.3 is 14.5 Å². The van der Waals surface area contributed by atoms with Gasteiger partial charge in [0, 0.05) is 26.0 Å². The van der Waals surface area contributed by atoms with Crippen molar-refractivity contribution in [2.75, 3.05) is 33.8 Å². The molecule has 0 unspecified atom stereocenters. The quantitative estimate of drug-likeness (QED) is 0.664. The van der Waals surface area contributed by atoms with Crippen LogP contribution in [0.3, 0.4) is 0 Å². The van der Waals surface area contributed by atoms with E-state index < -0.39 is 0 Å². The maximum absolute atomic E-state index is 12.9. The number of carbonyl (C=O) groups is 2. The number of hydrogen-bond acceptors (Lipinski definition) is 6. The van der Waals surface area contributed by atoms with Gasteiger partial charge in [0.25, 0.3) is 11.8 Å². The zero-order valence-electron chi connectivity index (χ0n) is 16.6. The van der Waals surface area contributed by atoms with Gasteiger partial charge in [0.15, 0.2) is 0 Å². The van der Waals surface area contributed by atoms with Crippen molar-refractivity contribution in [2.24, 2.45) is 0 Å². The zero-order chi connectivity index (χ0) is 20.5. The second-order valence-corrected chi connectivity index (χ2v) is 8.04. The Labute approximate surface area is 172 Å². The molecule has 0 radical (unpaired) electrons. The largest absolute Gasteiger partial charge is 0.368 e. The lowest BCUT2D eigenvalue weighted by atomic mass is 10.0. The van der Waals surface area contributed by atoms with Crippen LogP contribution >= 0.6 is 11.3 Å². The van der Waals surface area contributed by atoms with E-state index in [0.717, 1.165) is 16.6 Å². The van der Waals surface area contributed by atoms with Crippen LogP contribution in [0.4, 0.5) is 0 Å². The SMILES string of the molecule is Cc1ncsc1C(=O)N1CCO[C@H](c2cc(C(=O)N(C)C)c3ccccc3n2)C1. The topological polar surface area (TPSA) is 75.6 Å². The molecule has 1 fully saturated rings. The molecule has 2 aromatic heterocycles. The van der Waals surface area contributed by atoms with E-state index in [9.17, 15) is 9.59 Å². The molecular formula is C21H22N4O3S. The molecule has 0 spiro atoms. The first kappa shape index (κ1) is 19.5. The Kier molecular flexibility index (Phi) is 5.29. The van der Waals surface area contributed by atoms with E-state index in [4.69, 9.17) is 9.72 Å². The lowest BCUT2D eigenvalue weighted by Crippen LogP contribution is -2.42. The van der Waals surface area contributed by atoms with Crippen LogP contribution in [0.2, 0.25) is 0 Å². The van der Waals surface area contributed by atoms with Crippen LogP contribution in [0.15, 0.2) is 35.8 Å². The van der Waals surface area contributed by atoms with Crippen molar-refractivity contribution < 1.29 is 14.3 Å². The Morgan fingerprint density at radius 3 is 2.79 bits per heavy atom. The first-order valence-corrected chi connectivity index (χ1v) is 10.3. The minimum Gasteiger partial charge on any atom is -0.368 e. The molecule has 8 heteroatoms. The van der Waals surface area contributed by atoms with E-state index in [2.05, 4.69) is 4.98 Å². The summed E-state index contributed by atoms with van der Waals surface area (Å²) >= 11 is 1.35. The summed E-state index contributed by atoms with van der Waals surface area (Å²) < 4.78 is 5.94. The van der Waals surface area contributed by atoms with Gasteiger partial charge in [-0.2, -0.15) is 0 Å². The Bertz CT molecular complexity index is 1080. The molecule has 1 atom stereocenters. The van der Waals surface area contributed by atoms with Gasteiger partial charge in [-0.1, -0.05) is 18.2 Å². The monoisotopic (exact) mass is 410 g/mol. The van der Waals surface area contributed by atoms with Crippen molar-refractivity contribution in [1.29, 1.82) is 0 Å². The van der Waals surface area contributed by atoms with Crippen LogP contribution in [0.1, 0.15) is 37.5 Å². The minimum absolute atomic E-state index is 0.0383. The number of fused-ring (bicyclic) bond motifs is 1. The van der Waals surface area contributed by atoms with Gasteiger partial charge >= 0.3 is 0 Å². The predicted octanol–water partition coefficient (Wildman–Crippen LogP) is 2.92. The maximum atomic E-state index is 12.9. The number of aromatic nitrogens is 2. The second-order valence-electron chi connectivity index (χ2n) is 7.19. The first-order chi connectivity index (χ1) is 14.0. The number of pyridine rings is 1. The zero-order valence-corrected chi connectivity index (χ0v) is 17.4. The average Bonchev–Trinajstić information content (AvgIpc) is 3.17. The highest BCUT2D eigenvalue weighted by Gasteiger charge is 2.29. The highest BCUT2D eigenvalue weighted by Crippen LogP contribution is 2.28. The fourth-order valence-corrected chi connectivity index (χ4v) is 4.21. The van der Waals surface area contributed by atoms with Gasteiger partial charge in [-0.25, -0.2) is 9.97 Å². The van der Waals surface area contributed by atoms with Crippen molar-refractivity contribution in [3.05, 3.63) is 57.7 Å². The fourth-order valence-electron chi connectivity index (χ4n) is 3.44. The molecule has 1 saturated heterocycles. The summed E-state index contributed by atoms with van der Waals surface area (Å²) in [7, 11) is 3.46. The fraction of sp³-hybridized carbons (Fsp3) is 0.333. The van der Waals surface area contributed by atoms with Crippen molar-refractivity contribution in [1.82, 2.24) is 19.8 Å². The Balaban J connectivity index is 1.68. The van der Waals surface area contributed by atoms with Gasteiger partial charge in [0.2, 0.25) is 0 Å². The number of morpholine rings is 1. The van der Waals surface area contributed by atoms with Crippen LogP contribution in [0.5, 0.6) is 0 Å². The van der Waals surface area contributed by atoms with E-state index in [1.807, 2.05) is 31.2 Å². The van der Waals surface area contributed by atoms with Crippen molar-refractivity contribution in [3.63, 3.8) is 0 Å². The molecule has 0 saturated carbocycles. The summed E-state index contributed by atoms with van der Waals surface area (Å²) in [5.74, 6) is -0.127. The number of amides is 2. The Hall–Kier alpha value is -2.84. The third-order valence-corrected chi connectivity index (χ3v) is 5.91. The average molecular weight is 410 g/mol. The van der Waals surface area contributed by atoms with Gasteiger partial charge in [0.1, 0.15) is 11.0 Å². The number of carbonyl (C=O) groups excluding carboxylic acids is 2. The molecule has 3 aromatic rings. The van der Waals surface area contributed by atoms with E-state index in [-0.39, 0.29) is 17.9 Å². The summed E-state index contributed by atoms with van der Waals surface area (Å²) in [6.07, 6.45) is -0.390. The normalized spacial score (nSPS) is 16.8. The molecule has 2 amide bonds. The van der Waals surface area contributed by atoms with Crippen LogP contribution < -0.4 is 0 Å². The highest BCUT2D eigenvalue weighted by atomic mass is 32.1. The summed E-state index contributed by atoms with van der Waals surface area (Å²) in [5.41, 5.74) is 4.41. The molecular weight excluding hydrogens is 388 g/mol. The smallest absolute Gasteiger partial charge is 0.266 e. The molecule has 1 aromatic carbocycles. The molecule has 150 valence electrons. The van der Waals surface area contributed by atoms with Gasteiger partial charge in [-0.15, -0.1) is 11.3 Å². The Morgan fingerprint density at radius 1 is 1.28 bits per heavy atom. The lowest BCUT2D eigenvalue weighted by molar-refractivity contribution is -0.0244. The van der Waals surface area contributed by atoms with Crippen LogP contribution in [-0.2, 0) is 4.74 Å². The number of nitrogens with zero attached hydrogens (tertiary/aromatic N) is 4. The highest BCUT2D eigenvalue weighted by molar-refractivity contribution is 7.11. The maximum Gasteiger partial charge on any atom is 0.266 e. The van der Waals surface area contributed by atoms with Crippen molar-refractivity contribution in [2.45, 2.75) is 13.0 Å². The molecule has 0 aliphatic carbocycles. The molecule has 0 bridgehead atoms. The number of hydrogen-bond donors (Lipinski definition) is 0. The van der Waals surface area contributed by atoms with E-state index >= 15 is 0 Å². The van der Waals surface area contributed by atoms with Gasteiger partial charge in [0.05, 0.1) is 41.1 Å². The first-order valence-electron chi connectivity index (χ1n) is 9.38. The lowest BCUT2D eigenvalue weighted by Gasteiger charge is -2.32. The standard InChI is InChI=1S/C21H22N4O3S/c1-13-19(29-12-22-13)21(27)25-8-9-28-18(11-25)17-10-15(20(26)24(2)3)14-6-4-5-7-16(14)23-17/h4-7,10,12,18H,8-9,11H2,1-3H3/t18-/m0/s1. The summed E-state index contributed by atoms with van der Waals surface area (Å²) in [6.45, 7) is 3.16. The van der Waals surface area contributed by atoms with Gasteiger partial charge in [-0.3, -0.25) is 9.59 Å². The van der Waals surface area contributed by atoms with Gasteiger partial charge in [-0.05, 0) is 19.1 Å². The third-order valence-electron chi connectivity index (χ3n) is 5.00. The predicted molar refractivity (Wildman–Crippen MR) is 111 cm³/mol. The molecule has 1 aliphatic rings. The molecule has 29 heavy (non-hydrogen) atoms.